The van der Waals surface area contributed by atoms with Gasteiger partial charge in [-0.25, -0.2) is 0 Å². The number of halogens is 3. The van der Waals surface area contributed by atoms with Crippen LogP contribution in [0, 0.1) is 10.1 Å². The van der Waals surface area contributed by atoms with Crippen molar-refractivity contribution in [2.45, 2.75) is 25.1 Å². The summed E-state index contributed by atoms with van der Waals surface area (Å²) in [7, 11) is 0. The van der Waals surface area contributed by atoms with Crippen LogP contribution in [-0.2, 0) is 0 Å². The fourth-order valence-electron chi connectivity index (χ4n) is 1.88. The van der Waals surface area contributed by atoms with Gasteiger partial charge in [-0.15, -0.1) is 0 Å². The molecule has 6 nitrogen and oxygen atoms in total. The second kappa shape index (κ2) is 5.16. The van der Waals surface area contributed by atoms with Crippen molar-refractivity contribution < 1.29 is 27.6 Å². The molecule has 1 aromatic carbocycles. The molecule has 0 fully saturated rings. The number of nitro groups is 1. The number of nitro benzene ring substituents is 1. The van der Waals surface area contributed by atoms with Crippen molar-refractivity contribution in [3.05, 3.63) is 27.8 Å². The van der Waals surface area contributed by atoms with Crippen LogP contribution in [0.4, 0.5) is 18.9 Å². The van der Waals surface area contributed by atoms with Gasteiger partial charge in [0.1, 0.15) is 0 Å². The Hall–Kier alpha value is -2.03. The van der Waals surface area contributed by atoms with Gasteiger partial charge in [0.25, 0.3) is 5.69 Å². The number of benzene rings is 1. The van der Waals surface area contributed by atoms with Crippen molar-refractivity contribution in [3.63, 3.8) is 0 Å². The summed E-state index contributed by atoms with van der Waals surface area (Å²) in [5.41, 5.74) is 5.27. The minimum absolute atomic E-state index is 0.00324. The molecule has 0 radical (unpaired) electrons. The second-order valence-corrected chi connectivity index (χ2v) is 4.28. The molecule has 2 rings (SSSR count). The highest BCUT2D eigenvalue weighted by Crippen LogP contribution is 2.41. The molecule has 1 aromatic rings. The summed E-state index contributed by atoms with van der Waals surface area (Å²) < 4.78 is 46.6. The van der Waals surface area contributed by atoms with Gasteiger partial charge in [0.2, 0.25) is 6.79 Å². The molecule has 0 saturated heterocycles. The topological polar surface area (TPSA) is 87.6 Å². The summed E-state index contributed by atoms with van der Waals surface area (Å²) in [6.45, 7) is -0.0896. The monoisotopic (exact) mass is 292 g/mol. The van der Waals surface area contributed by atoms with Gasteiger partial charge >= 0.3 is 6.18 Å². The molecular weight excluding hydrogens is 281 g/mol. The van der Waals surface area contributed by atoms with Crippen molar-refractivity contribution in [2.75, 3.05) is 6.79 Å². The zero-order valence-corrected chi connectivity index (χ0v) is 10.1. The fourth-order valence-corrected chi connectivity index (χ4v) is 1.88. The minimum atomic E-state index is -4.36. The standard InChI is InChI=1S/C11H11F3N2O4/c12-11(13,14)2-1-7(15)6-3-9-10(20-5-19-9)4-8(6)16(17)18/h3-4,7H,1-2,5,15H2/t7-/m0/s1. The van der Waals surface area contributed by atoms with Crippen LogP contribution in [0.5, 0.6) is 11.5 Å². The van der Waals surface area contributed by atoms with E-state index in [-0.39, 0.29) is 29.5 Å². The molecule has 20 heavy (non-hydrogen) atoms. The van der Waals surface area contributed by atoms with Gasteiger partial charge in [0.15, 0.2) is 11.5 Å². The average molecular weight is 292 g/mol. The van der Waals surface area contributed by atoms with Gasteiger partial charge in [0.05, 0.1) is 16.6 Å². The first kappa shape index (κ1) is 14.4. The minimum Gasteiger partial charge on any atom is -0.454 e. The molecule has 0 aromatic heterocycles. The zero-order valence-electron chi connectivity index (χ0n) is 10.1. The maximum Gasteiger partial charge on any atom is 0.389 e. The molecule has 0 saturated carbocycles. The third-order valence-corrected chi connectivity index (χ3v) is 2.86. The third-order valence-electron chi connectivity index (χ3n) is 2.86. The highest BCUT2D eigenvalue weighted by Gasteiger charge is 2.31. The Bertz CT molecular complexity index is 533. The van der Waals surface area contributed by atoms with Crippen LogP contribution in [0.1, 0.15) is 24.4 Å². The van der Waals surface area contributed by atoms with E-state index in [9.17, 15) is 23.3 Å². The fraction of sp³-hybridized carbons (Fsp3) is 0.455. The number of fused-ring (bicyclic) bond motifs is 1. The van der Waals surface area contributed by atoms with E-state index in [4.69, 9.17) is 15.2 Å². The maximum absolute atomic E-state index is 12.2. The average Bonchev–Trinajstić information content (AvgIpc) is 2.80. The van der Waals surface area contributed by atoms with E-state index in [0.29, 0.717) is 0 Å². The molecule has 9 heteroatoms. The largest absolute Gasteiger partial charge is 0.454 e. The molecule has 0 unspecified atom stereocenters. The maximum atomic E-state index is 12.2. The van der Waals surface area contributed by atoms with Gasteiger partial charge < -0.3 is 15.2 Å². The van der Waals surface area contributed by atoms with E-state index >= 15 is 0 Å². The number of nitrogens with zero attached hydrogens (tertiary/aromatic N) is 1. The van der Waals surface area contributed by atoms with Crippen LogP contribution >= 0.6 is 0 Å². The van der Waals surface area contributed by atoms with Crippen LogP contribution < -0.4 is 15.2 Å². The van der Waals surface area contributed by atoms with Gasteiger partial charge in [-0.1, -0.05) is 0 Å². The molecule has 0 aliphatic carbocycles. The van der Waals surface area contributed by atoms with E-state index in [2.05, 4.69) is 0 Å². The van der Waals surface area contributed by atoms with Crippen LogP contribution in [0.2, 0.25) is 0 Å². The third kappa shape index (κ3) is 3.10. The van der Waals surface area contributed by atoms with Gasteiger partial charge in [-0.05, 0) is 12.5 Å². The number of nitrogens with two attached hydrogens (primary N) is 1. The summed E-state index contributed by atoms with van der Waals surface area (Å²) in [6.07, 6.45) is -5.91. The Morgan fingerprint density at radius 1 is 1.35 bits per heavy atom. The predicted octanol–water partition coefficient (Wildman–Crippen LogP) is 2.67. The van der Waals surface area contributed by atoms with E-state index in [1.54, 1.807) is 0 Å². The molecule has 1 aliphatic rings. The quantitative estimate of drug-likeness (QED) is 0.681. The van der Waals surface area contributed by atoms with Crippen LogP contribution in [0.3, 0.4) is 0 Å². The second-order valence-electron chi connectivity index (χ2n) is 4.28. The normalized spacial score (nSPS) is 15.2. The Balaban J connectivity index is 2.27. The van der Waals surface area contributed by atoms with Crippen LogP contribution in [0.15, 0.2) is 12.1 Å². The highest BCUT2D eigenvalue weighted by atomic mass is 19.4. The molecule has 1 aliphatic heterocycles. The zero-order chi connectivity index (χ0) is 14.9. The number of hydrogen-bond donors (Lipinski definition) is 1. The van der Waals surface area contributed by atoms with Gasteiger partial charge in [-0.2, -0.15) is 13.2 Å². The SMILES string of the molecule is N[C@@H](CCC(F)(F)F)c1cc2c(cc1[N+](=O)[O-])OCO2. The lowest BCUT2D eigenvalue weighted by Crippen LogP contribution is -2.17. The Morgan fingerprint density at radius 3 is 2.50 bits per heavy atom. The molecule has 110 valence electrons. The van der Waals surface area contributed by atoms with Crippen molar-refractivity contribution >= 4 is 5.69 Å². The Labute approximate surface area is 111 Å². The summed E-state index contributed by atoms with van der Waals surface area (Å²) in [5, 5.41) is 11.0. The lowest BCUT2D eigenvalue weighted by Gasteiger charge is -2.14. The lowest BCUT2D eigenvalue weighted by atomic mass is 10.00. The summed E-state index contributed by atoms with van der Waals surface area (Å²) in [4.78, 5) is 10.3. The van der Waals surface area contributed by atoms with E-state index in [1.165, 1.54) is 6.07 Å². The highest BCUT2D eigenvalue weighted by molar-refractivity contribution is 5.56. The molecular formula is C11H11F3N2O4. The van der Waals surface area contributed by atoms with Gasteiger partial charge in [0, 0.05) is 12.5 Å². The lowest BCUT2D eigenvalue weighted by molar-refractivity contribution is -0.385. The molecule has 1 atom stereocenters. The first-order valence-corrected chi connectivity index (χ1v) is 5.68. The van der Waals surface area contributed by atoms with Crippen molar-refractivity contribution in [2.24, 2.45) is 5.73 Å². The smallest absolute Gasteiger partial charge is 0.389 e. The van der Waals surface area contributed by atoms with E-state index in [0.717, 1.165) is 6.07 Å². The number of alkyl halides is 3. The number of hydrogen-bond acceptors (Lipinski definition) is 5. The van der Waals surface area contributed by atoms with Crippen molar-refractivity contribution in [1.82, 2.24) is 0 Å². The predicted molar refractivity (Wildman–Crippen MR) is 61.4 cm³/mol. The van der Waals surface area contributed by atoms with Crippen molar-refractivity contribution in [3.8, 4) is 11.5 Å². The summed E-state index contributed by atoms with van der Waals surface area (Å²) in [5.74, 6) is 0.427. The molecule has 0 bridgehead atoms. The molecule has 0 spiro atoms. The molecule has 0 amide bonds. The van der Waals surface area contributed by atoms with Gasteiger partial charge in [-0.3, -0.25) is 10.1 Å². The summed E-state index contributed by atoms with van der Waals surface area (Å²) in [6, 6.07) is 1.28. The first-order chi connectivity index (χ1) is 9.28. The van der Waals surface area contributed by atoms with Crippen LogP contribution in [0.25, 0.3) is 0 Å². The van der Waals surface area contributed by atoms with E-state index in [1.807, 2.05) is 0 Å². The number of rotatable bonds is 4. The Morgan fingerprint density at radius 2 is 1.95 bits per heavy atom. The Kier molecular flexibility index (Phi) is 3.71. The number of ether oxygens (including phenoxy) is 2. The molecule has 2 N–H and O–H groups in total. The summed E-state index contributed by atoms with van der Waals surface area (Å²) >= 11 is 0. The van der Waals surface area contributed by atoms with E-state index < -0.39 is 30.0 Å². The van der Waals surface area contributed by atoms with Crippen LogP contribution in [-0.4, -0.2) is 17.9 Å². The first-order valence-electron chi connectivity index (χ1n) is 5.68. The van der Waals surface area contributed by atoms with Crippen molar-refractivity contribution in [1.29, 1.82) is 0 Å². The molecule has 1 heterocycles.